The average molecular weight is 436 g/mol. The van der Waals surface area contributed by atoms with Crippen LogP contribution in [0, 0.1) is 11.3 Å². The molecule has 10 heteroatoms. The molecule has 1 amide bonds. The van der Waals surface area contributed by atoms with Crippen molar-refractivity contribution in [3.05, 3.63) is 77.6 Å². The molecule has 0 aliphatic heterocycles. The van der Waals surface area contributed by atoms with Gasteiger partial charge < -0.3 is 14.3 Å². The molecule has 4 aromatic rings. The molecule has 0 saturated heterocycles. The van der Waals surface area contributed by atoms with Crippen LogP contribution >= 0.6 is 11.6 Å². The highest BCUT2D eigenvalue weighted by molar-refractivity contribution is 6.32. The molecular weight excluding hydrogens is 418 g/mol. The van der Waals surface area contributed by atoms with Crippen LogP contribution in [0.25, 0.3) is 11.3 Å². The fraction of sp³-hybridized carbons (Fsp3) is 0.190. The third kappa shape index (κ3) is 4.82. The zero-order chi connectivity index (χ0) is 21.8. The van der Waals surface area contributed by atoms with Crippen molar-refractivity contribution in [2.45, 2.75) is 26.1 Å². The van der Waals surface area contributed by atoms with E-state index in [9.17, 15) is 4.79 Å². The van der Waals surface area contributed by atoms with Gasteiger partial charge in [-0.05, 0) is 25.1 Å². The minimum absolute atomic E-state index is 0.196. The fourth-order valence-corrected chi connectivity index (χ4v) is 3.25. The van der Waals surface area contributed by atoms with Crippen LogP contribution < -0.4 is 5.32 Å². The number of amides is 1. The molecule has 0 fully saturated rings. The number of halogens is 1. The quantitative estimate of drug-likeness (QED) is 0.477. The van der Waals surface area contributed by atoms with Crippen LogP contribution in [0.2, 0.25) is 5.02 Å². The second kappa shape index (κ2) is 8.85. The van der Waals surface area contributed by atoms with Crippen LogP contribution in [-0.4, -0.2) is 36.3 Å². The molecule has 3 heterocycles. The summed E-state index contributed by atoms with van der Waals surface area (Å²) in [4.78, 5) is 20.6. The van der Waals surface area contributed by atoms with Crippen LogP contribution in [-0.2, 0) is 13.1 Å². The molecule has 1 atom stereocenters. The summed E-state index contributed by atoms with van der Waals surface area (Å²) in [6.07, 6.45) is 8.26. The molecule has 0 unspecified atom stereocenters. The fourth-order valence-electron chi connectivity index (χ4n) is 3.03. The number of imidazole rings is 1. The number of aromatic nitrogens is 5. The van der Waals surface area contributed by atoms with E-state index in [4.69, 9.17) is 21.3 Å². The molecule has 0 spiro atoms. The Labute approximate surface area is 182 Å². The van der Waals surface area contributed by atoms with Gasteiger partial charge in [0.2, 0.25) is 5.89 Å². The van der Waals surface area contributed by atoms with Gasteiger partial charge in [0.25, 0.3) is 5.91 Å². The normalized spacial score (nSPS) is 11.8. The first kappa shape index (κ1) is 20.4. The van der Waals surface area contributed by atoms with Gasteiger partial charge in [-0.2, -0.15) is 10.4 Å². The number of oxazole rings is 1. The maximum atomic E-state index is 12.5. The summed E-state index contributed by atoms with van der Waals surface area (Å²) >= 11 is 6.10. The standard InChI is InChI=1S/C21H18ClN7O2/c1-14(25-21(30)19-12-31-20(26-19)11-28-7-5-24-13-28)10-29-6-4-18(27-29)15-2-3-16(9-23)17(22)8-15/h2-8,12-14H,10-11H2,1H3,(H,25,30)/t14-/m0/s1. The number of carbonyl (C=O) groups excluding carboxylic acids is 1. The van der Waals surface area contributed by atoms with E-state index in [-0.39, 0.29) is 17.6 Å². The van der Waals surface area contributed by atoms with Crippen molar-refractivity contribution < 1.29 is 9.21 Å². The summed E-state index contributed by atoms with van der Waals surface area (Å²) < 4.78 is 8.90. The SMILES string of the molecule is C[C@@H](Cn1ccc(-c2ccc(C#N)c(Cl)c2)n1)NC(=O)c1coc(Cn2ccnc2)n1. The molecule has 4 rings (SSSR count). The second-order valence-electron chi connectivity index (χ2n) is 6.97. The summed E-state index contributed by atoms with van der Waals surface area (Å²) in [6.45, 7) is 2.75. The van der Waals surface area contributed by atoms with E-state index in [1.54, 1.807) is 46.2 Å². The zero-order valence-electron chi connectivity index (χ0n) is 16.6. The Morgan fingerprint density at radius 1 is 1.35 bits per heavy atom. The molecule has 0 radical (unpaired) electrons. The molecule has 1 aromatic carbocycles. The van der Waals surface area contributed by atoms with Crippen LogP contribution in [0.3, 0.4) is 0 Å². The minimum atomic E-state index is -0.320. The third-order valence-corrected chi connectivity index (χ3v) is 4.84. The number of nitriles is 1. The lowest BCUT2D eigenvalue weighted by Crippen LogP contribution is -2.36. The van der Waals surface area contributed by atoms with Gasteiger partial charge in [-0.25, -0.2) is 9.97 Å². The maximum Gasteiger partial charge on any atom is 0.273 e. The topological polar surface area (TPSA) is 115 Å². The molecule has 0 aliphatic carbocycles. The molecule has 0 saturated carbocycles. The van der Waals surface area contributed by atoms with Gasteiger partial charge in [-0.15, -0.1) is 0 Å². The van der Waals surface area contributed by atoms with Crippen molar-refractivity contribution in [2.24, 2.45) is 0 Å². The third-order valence-electron chi connectivity index (χ3n) is 4.53. The molecular formula is C21H18ClN7O2. The molecule has 31 heavy (non-hydrogen) atoms. The van der Waals surface area contributed by atoms with Crippen molar-refractivity contribution in [1.29, 1.82) is 5.26 Å². The predicted molar refractivity (Wildman–Crippen MR) is 112 cm³/mol. The molecule has 156 valence electrons. The highest BCUT2D eigenvalue weighted by Gasteiger charge is 2.16. The van der Waals surface area contributed by atoms with Gasteiger partial charge >= 0.3 is 0 Å². The Morgan fingerprint density at radius 3 is 2.97 bits per heavy atom. The van der Waals surface area contributed by atoms with E-state index >= 15 is 0 Å². The van der Waals surface area contributed by atoms with Crippen molar-refractivity contribution in [3.63, 3.8) is 0 Å². The molecule has 9 nitrogen and oxygen atoms in total. The van der Waals surface area contributed by atoms with Crippen LogP contribution in [0.1, 0.15) is 28.9 Å². The Balaban J connectivity index is 1.35. The van der Waals surface area contributed by atoms with Gasteiger partial charge in [0.1, 0.15) is 18.9 Å². The number of nitrogens with zero attached hydrogens (tertiary/aromatic N) is 6. The van der Waals surface area contributed by atoms with Crippen molar-refractivity contribution >= 4 is 17.5 Å². The minimum Gasteiger partial charge on any atom is -0.446 e. The predicted octanol–water partition coefficient (Wildman–Crippen LogP) is 3.13. The summed E-state index contributed by atoms with van der Waals surface area (Å²) in [5.74, 6) is 0.105. The van der Waals surface area contributed by atoms with E-state index in [1.165, 1.54) is 6.26 Å². The van der Waals surface area contributed by atoms with Gasteiger partial charge in [0.15, 0.2) is 5.69 Å². The van der Waals surface area contributed by atoms with Gasteiger partial charge in [-0.1, -0.05) is 17.7 Å². The van der Waals surface area contributed by atoms with Crippen LogP contribution in [0.15, 0.2) is 59.9 Å². The number of hydrogen-bond donors (Lipinski definition) is 1. The summed E-state index contributed by atoms with van der Waals surface area (Å²) in [6, 6.07) is 8.87. The lowest BCUT2D eigenvalue weighted by Gasteiger charge is -2.12. The Kier molecular flexibility index (Phi) is 5.82. The molecule has 3 aromatic heterocycles. The van der Waals surface area contributed by atoms with Crippen molar-refractivity contribution in [3.8, 4) is 17.3 Å². The van der Waals surface area contributed by atoms with Crippen LogP contribution in [0.4, 0.5) is 0 Å². The van der Waals surface area contributed by atoms with E-state index in [2.05, 4.69) is 20.4 Å². The number of carbonyl (C=O) groups is 1. The first-order chi connectivity index (χ1) is 15.0. The highest BCUT2D eigenvalue weighted by Crippen LogP contribution is 2.24. The molecule has 0 aliphatic rings. The van der Waals surface area contributed by atoms with Gasteiger partial charge in [0, 0.05) is 30.2 Å². The smallest absolute Gasteiger partial charge is 0.273 e. The Bertz CT molecular complexity index is 1240. The Morgan fingerprint density at radius 2 is 2.23 bits per heavy atom. The van der Waals surface area contributed by atoms with Gasteiger partial charge in [-0.3, -0.25) is 9.48 Å². The largest absolute Gasteiger partial charge is 0.446 e. The number of hydrogen-bond acceptors (Lipinski definition) is 6. The average Bonchev–Trinajstić information content (AvgIpc) is 3.50. The lowest BCUT2D eigenvalue weighted by atomic mass is 10.1. The summed E-state index contributed by atoms with van der Waals surface area (Å²) in [5, 5.41) is 16.8. The summed E-state index contributed by atoms with van der Waals surface area (Å²) in [5.41, 5.74) is 2.18. The number of benzene rings is 1. The van der Waals surface area contributed by atoms with Crippen LogP contribution in [0.5, 0.6) is 0 Å². The monoisotopic (exact) mass is 435 g/mol. The zero-order valence-corrected chi connectivity index (χ0v) is 17.3. The Hall–Kier alpha value is -3.90. The second-order valence-corrected chi connectivity index (χ2v) is 7.37. The van der Waals surface area contributed by atoms with Crippen molar-refractivity contribution in [2.75, 3.05) is 0 Å². The maximum absolute atomic E-state index is 12.5. The lowest BCUT2D eigenvalue weighted by molar-refractivity contribution is 0.0931. The number of rotatable bonds is 7. The van der Waals surface area contributed by atoms with Gasteiger partial charge in [0.05, 0.1) is 29.2 Å². The highest BCUT2D eigenvalue weighted by atomic mass is 35.5. The summed E-state index contributed by atoms with van der Waals surface area (Å²) in [7, 11) is 0. The molecule has 0 bridgehead atoms. The van der Waals surface area contributed by atoms with E-state index < -0.39 is 0 Å². The van der Waals surface area contributed by atoms with E-state index in [0.717, 1.165) is 11.3 Å². The van der Waals surface area contributed by atoms with Crippen molar-refractivity contribution in [1.82, 2.24) is 29.6 Å². The first-order valence-electron chi connectivity index (χ1n) is 9.46. The first-order valence-corrected chi connectivity index (χ1v) is 9.84. The number of nitrogens with one attached hydrogen (secondary N) is 1. The van der Waals surface area contributed by atoms with E-state index in [1.807, 2.05) is 25.3 Å². The molecule has 1 N–H and O–H groups in total. The van der Waals surface area contributed by atoms with E-state index in [0.29, 0.717) is 29.6 Å².